The molecule has 0 unspecified atom stereocenters. The summed E-state index contributed by atoms with van der Waals surface area (Å²) in [5.74, 6) is 1.53. The summed E-state index contributed by atoms with van der Waals surface area (Å²) in [5, 5.41) is 3.09. The van der Waals surface area contributed by atoms with Crippen molar-refractivity contribution in [3.05, 3.63) is 55.0 Å². The van der Waals surface area contributed by atoms with E-state index in [1.807, 2.05) is 37.6 Å². The maximum Gasteiger partial charge on any atom is 0.224 e. The van der Waals surface area contributed by atoms with Gasteiger partial charge < -0.3 is 10.2 Å². The normalized spacial score (nSPS) is 10.1. The van der Waals surface area contributed by atoms with E-state index in [9.17, 15) is 0 Å². The van der Waals surface area contributed by atoms with E-state index in [0.29, 0.717) is 12.5 Å². The van der Waals surface area contributed by atoms with Crippen LogP contribution in [0.1, 0.15) is 5.56 Å². The molecule has 2 rings (SSSR count). The highest BCUT2D eigenvalue weighted by Crippen LogP contribution is 2.11. The molecule has 0 aliphatic heterocycles. The van der Waals surface area contributed by atoms with Crippen molar-refractivity contribution in [2.45, 2.75) is 6.42 Å². The van der Waals surface area contributed by atoms with Crippen molar-refractivity contribution in [2.24, 2.45) is 0 Å². The average Bonchev–Trinajstić information content (AvgIpc) is 2.52. The zero-order valence-corrected chi connectivity index (χ0v) is 11.7. The van der Waals surface area contributed by atoms with Gasteiger partial charge >= 0.3 is 0 Å². The van der Waals surface area contributed by atoms with Crippen LogP contribution in [0.3, 0.4) is 0 Å². The van der Waals surface area contributed by atoms with Gasteiger partial charge in [-0.2, -0.15) is 4.98 Å². The van der Waals surface area contributed by atoms with E-state index in [1.165, 1.54) is 5.56 Å². The lowest BCUT2D eigenvalue weighted by Gasteiger charge is -2.18. The van der Waals surface area contributed by atoms with E-state index >= 15 is 0 Å². The van der Waals surface area contributed by atoms with Crippen LogP contribution in [0, 0.1) is 0 Å². The quantitative estimate of drug-likeness (QED) is 0.781. The van der Waals surface area contributed by atoms with Crippen LogP contribution in [-0.2, 0) is 6.42 Å². The molecule has 0 aliphatic carbocycles. The third-order valence-corrected chi connectivity index (χ3v) is 2.92. The first kappa shape index (κ1) is 14.0. The van der Waals surface area contributed by atoms with Crippen molar-refractivity contribution in [3.8, 4) is 0 Å². The highest BCUT2D eigenvalue weighted by atomic mass is 15.2. The van der Waals surface area contributed by atoms with Gasteiger partial charge in [0.1, 0.15) is 5.82 Å². The number of anilines is 2. The topological polar surface area (TPSA) is 53.9 Å². The Kier molecular flexibility index (Phi) is 5.06. The molecule has 1 N–H and O–H groups in total. The Hall–Kier alpha value is -2.43. The van der Waals surface area contributed by atoms with Crippen molar-refractivity contribution < 1.29 is 0 Å². The molecule has 104 valence electrons. The Bertz CT molecular complexity index is 541. The number of nitrogens with one attached hydrogen (secondary N) is 1. The van der Waals surface area contributed by atoms with Crippen LogP contribution < -0.4 is 10.2 Å². The maximum absolute atomic E-state index is 4.47. The first-order chi connectivity index (χ1) is 9.79. The molecule has 20 heavy (non-hydrogen) atoms. The van der Waals surface area contributed by atoms with E-state index in [0.717, 1.165) is 18.8 Å². The molecular formula is C15H19N5. The molecule has 0 atom stereocenters. The fraction of sp³-hybridized carbons (Fsp3) is 0.267. The minimum Gasteiger partial charge on any atom is -0.359 e. The van der Waals surface area contributed by atoms with Gasteiger partial charge in [0.15, 0.2) is 0 Å². The fourth-order valence-electron chi connectivity index (χ4n) is 1.77. The lowest BCUT2D eigenvalue weighted by atomic mass is 10.2. The van der Waals surface area contributed by atoms with Gasteiger partial charge in [0, 0.05) is 38.7 Å². The van der Waals surface area contributed by atoms with Gasteiger partial charge in [-0.15, -0.1) is 6.58 Å². The molecule has 0 aliphatic rings. The minimum absolute atomic E-state index is 0.623. The van der Waals surface area contributed by atoms with E-state index in [4.69, 9.17) is 0 Å². The Balaban J connectivity index is 1.94. The van der Waals surface area contributed by atoms with Gasteiger partial charge in [0.25, 0.3) is 0 Å². The lowest BCUT2D eigenvalue weighted by Crippen LogP contribution is -2.22. The van der Waals surface area contributed by atoms with Gasteiger partial charge in [-0.25, -0.2) is 4.98 Å². The van der Waals surface area contributed by atoms with Crippen molar-refractivity contribution >= 4 is 11.8 Å². The monoisotopic (exact) mass is 269 g/mol. The van der Waals surface area contributed by atoms with Gasteiger partial charge in [0.05, 0.1) is 0 Å². The molecule has 0 fully saturated rings. The van der Waals surface area contributed by atoms with Crippen LogP contribution >= 0.6 is 0 Å². The third-order valence-electron chi connectivity index (χ3n) is 2.92. The molecule has 0 aromatic carbocycles. The molecule has 0 spiro atoms. The molecule has 0 radical (unpaired) electrons. The molecule has 0 amide bonds. The Morgan fingerprint density at radius 2 is 2.05 bits per heavy atom. The molecule has 0 saturated carbocycles. The fourth-order valence-corrected chi connectivity index (χ4v) is 1.77. The van der Waals surface area contributed by atoms with Gasteiger partial charge in [-0.05, 0) is 30.2 Å². The van der Waals surface area contributed by atoms with Crippen LogP contribution in [0.2, 0.25) is 0 Å². The smallest absolute Gasteiger partial charge is 0.224 e. The first-order valence-electron chi connectivity index (χ1n) is 6.57. The second kappa shape index (κ2) is 7.23. The number of hydrogen-bond acceptors (Lipinski definition) is 5. The number of nitrogens with zero attached hydrogens (tertiary/aromatic N) is 4. The van der Waals surface area contributed by atoms with Gasteiger partial charge in [-0.3, -0.25) is 4.98 Å². The molecule has 5 nitrogen and oxygen atoms in total. The highest BCUT2D eigenvalue weighted by molar-refractivity contribution is 5.42. The summed E-state index contributed by atoms with van der Waals surface area (Å²) in [6, 6.07) is 5.97. The third kappa shape index (κ3) is 4.05. The zero-order valence-electron chi connectivity index (χ0n) is 11.7. The summed E-state index contributed by atoms with van der Waals surface area (Å²) in [6.07, 6.45) is 8.13. The largest absolute Gasteiger partial charge is 0.359 e. The minimum atomic E-state index is 0.623. The standard InChI is InChI=1S/C15H19N5/c1-3-8-17-15-18-11-6-14(19-15)20(2)12-7-13-4-9-16-10-5-13/h3-6,9-11H,1,7-8,12H2,2H3,(H,17,18,19). The molecular weight excluding hydrogens is 250 g/mol. The number of hydrogen-bond donors (Lipinski definition) is 1. The average molecular weight is 269 g/mol. The summed E-state index contributed by atoms with van der Waals surface area (Å²) in [6.45, 7) is 5.21. The predicted octanol–water partition coefficient (Wildman–Crippen LogP) is 2.15. The van der Waals surface area contributed by atoms with Crippen molar-refractivity contribution in [2.75, 3.05) is 30.4 Å². The summed E-state index contributed by atoms with van der Waals surface area (Å²) >= 11 is 0. The number of likely N-dealkylation sites (N-methyl/N-ethyl adjacent to an activating group) is 1. The number of pyridine rings is 1. The molecule has 2 aromatic heterocycles. The van der Waals surface area contributed by atoms with Gasteiger partial charge in [0.2, 0.25) is 5.95 Å². The lowest BCUT2D eigenvalue weighted by molar-refractivity contribution is 0.854. The summed E-state index contributed by atoms with van der Waals surface area (Å²) < 4.78 is 0. The van der Waals surface area contributed by atoms with Crippen LogP contribution in [0.4, 0.5) is 11.8 Å². The van der Waals surface area contributed by atoms with E-state index < -0.39 is 0 Å². The first-order valence-corrected chi connectivity index (χ1v) is 6.57. The van der Waals surface area contributed by atoms with Crippen LogP contribution in [-0.4, -0.2) is 35.1 Å². The summed E-state index contributed by atoms with van der Waals surface area (Å²) in [7, 11) is 2.03. The van der Waals surface area contributed by atoms with Crippen molar-refractivity contribution in [1.82, 2.24) is 15.0 Å². The van der Waals surface area contributed by atoms with Crippen molar-refractivity contribution in [3.63, 3.8) is 0 Å². The Morgan fingerprint density at radius 3 is 2.80 bits per heavy atom. The summed E-state index contributed by atoms with van der Waals surface area (Å²) in [4.78, 5) is 14.8. The number of rotatable bonds is 7. The second-order valence-electron chi connectivity index (χ2n) is 4.44. The van der Waals surface area contributed by atoms with Crippen LogP contribution in [0.15, 0.2) is 49.4 Å². The van der Waals surface area contributed by atoms with Crippen molar-refractivity contribution in [1.29, 1.82) is 0 Å². The van der Waals surface area contributed by atoms with Gasteiger partial charge in [-0.1, -0.05) is 6.08 Å². The molecule has 0 bridgehead atoms. The van der Waals surface area contributed by atoms with E-state index in [-0.39, 0.29) is 0 Å². The zero-order chi connectivity index (χ0) is 14.2. The number of aromatic nitrogens is 3. The molecule has 5 heteroatoms. The highest BCUT2D eigenvalue weighted by Gasteiger charge is 2.04. The van der Waals surface area contributed by atoms with Crippen LogP contribution in [0.5, 0.6) is 0 Å². The second-order valence-corrected chi connectivity index (χ2v) is 4.44. The SMILES string of the molecule is C=CCNc1nccc(N(C)CCc2ccncc2)n1. The van der Waals surface area contributed by atoms with E-state index in [1.54, 1.807) is 12.3 Å². The van der Waals surface area contributed by atoms with Crippen LogP contribution in [0.25, 0.3) is 0 Å². The van der Waals surface area contributed by atoms with E-state index in [2.05, 4.69) is 31.7 Å². The molecule has 2 aromatic rings. The maximum atomic E-state index is 4.47. The predicted molar refractivity (Wildman–Crippen MR) is 81.9 cm³/mol. The Labute approximate surface area is 119 Å². The molecule has 2 heterocycles. The Morgan fingerprint density at radius 1 is 1.25 bits per heavy atom. The summed E-state index contributed by atoms with van der Waals surface area (Å²) in [5.41, 5.74) is 1.27. The molecule has 0 saturated heterocycles.